The van der Waals surface area contributed by atoms with Gasteiger partial charge in [0.15, 0.2) is 17.2 Å². The maximum atomic E-state index is 12.7. The number of aromatic nitrogens is 1. The van der Waals surface area contributed by atoms with Crippen LogP contribution in [0.2, 0.25) is 0 Å². The number of esters is 1. The molecule has 0 aromatic carbocycles. The van der Waals surface area contributed by atoms with Crippen molar-refractivity contribution < 1.29 is 27.8 Å². The van der Waals surface area contributed by atoms with Crippen molar-refractivity contribution >= 4 is 5.97 Å². The van der Waals surface area contributed by atoms with E-state index in [0.717, 1.165) is 6.20 Å². The van der Waals surface area contributed by atoms with Gasteiger partial charge >= 0.3 is 5.97 Å². The van der Waals surface area contributed by atoms with E-state index in [1.54, 1.807) is 6.92 Å². The van der Waals surface area contributed by atoms with Crippen LogP contribution in [0.25, 0.3) is 0 Å². The molecule has 0 atom stereocenters. The number of halogens is 2. The molecule has 0 saturated carbocycles. The van der Waals surface area contributed by atoms with E-state index < -0.39 is 18.1 Å². The summed E-state index contributed by atoms with van der Waals surface area (Å²) in [5.41, 5.74) is -0.636. The molecule has 0 saturated heterocycles. The van der Waals surface area contributed by atoms with Gasteiger partial charge in [0, 0.05) is 6.20 Å². The number of rotatable bonds is 5. The molecule has 100 valence electrons. The van der Waals surface area contributed by atoms with Crippen LogP contribution in [0.5, 0.6) is 11.5 Å². The molecule has 5 nitrogen and oxygen atoms in total. The molecule has 7 heteroatoms. The highest BCUT2D eigenvalue weighted by atomic mass is 19.3. The maximum Gasteiger partial charge on any atom is 0.343 e. The first kappa shape index (κ1) is 14.1. The van der Waals surface area contributed by atoms with Crippen LogP contribution in [0.3, 0.4) is 0 Å². The third-order valence-electron chi connectivity index (χ3n) is 2.13. The highest BCUT2D eigenvalue weighted by Gasteiger charge is 2.26. The fourth-order valence-electron chi connectivity index (χ4n) is 1.40. The largest absolute Gasteiger partial charge is 0.492 e. The second-order valence-electron chi connectivity index (χ2n) is 3.14. The minimum absolute atomic E-state index is 0.0550. The Balaban J connectivity index is 3.34. The normalized spacial score (nSPS) is 10.3. The standard InChI is InChI=1S/C11H13F2NO4/c1-4-18-11(15)6-5-14-7(10(12)13)9(17-3)8(6)16-2/h5,10H,4H2,1-3H3. The number of methoxy groups -OCH3 is 2. The van der Waals surface area contributed by atoms with E-state index in [1.165, 1.54) is 14.2 Å². The van der Waals surface area contributed by atoms with Crippen molar-refractivity contribution in [1.82, 2.24) is 4.98 Å². The van der Waals surface area contributed by atoms with Crippen LogP contribution < -0.4 is 9.47 Å². The molecule has 0 fully saturated rings. The van der Waals surface area contributed by atoms with Crippen LogP contribution in [-0.2, 0) is 4.74 Å². The molecular weight excluding hydrogens is 248 g/mol. The van der Waals surface area contributed by atoms with Crippen molar-refractivity contribution in [2.24, 2.45) is 0 Å². The molecule has 18 heavy (non-hydrogen) atoms. The van der Waals surface area contributed by atoms with Gasteiger partial charge in [-0.15, -0.1) is 0 Å². The number of pyridine rings is 1. The fraction of sp³-hybridized carbons (Fsp3) is 0.455. The highest BCUT2D eigenvalue weighted by molar-refractivity contribution is 5.93. The molecule has 1 heterocycles. The predicted molar refractivity (Wildman–Crippen MR) is 58.3 cm³/mol. The van der Waals surface area contributed by atoms with Crippen molar-refractivity contribution in [3.05, 3.63) is 17.5 Å². The Morgan fingerprint density at radius 2 is 1.94 bits per heavy atom. The molecule has 0 N–H and O–H groups in total. The number of hydrogen-bond donors (Lipinski definition) is 0. The van der Waals surface area contributed by atoms with Gasteiger partial charge in [0.2, 0.25) is 0 Å². The predicted octanol–water partition coefficient (Wildman–Crippen LogP) is 2.21. The van der Waals surface area contributed by atoms with Gasteiger partial charge in [-0.1, -0.05) is 0 Å². The smallest absolute Gasteiger partial charge is 0.343 e. The molecule has 0 amide bonds. The zero-order valence-electron chi connectivity index (χ0n) is 10.2. The average molecular weight is 261 g/mol. The summed E-state index contributed by atoms with van der Waals surface area (Å²) in [6, 6.07) is 0. The van der Waals surface area contributed by atoms with Gasteiger partial charge < -0.3 is 14.2 Å². The number of carbonyl (C=O) groups excluding carboxylic acids is 1. The number of nitrogens with zero attached hydrogens (tertiary/aromatic N) is 1. The third kappa shape index (κ3) is 2.66. The van der Waals surface area contributed by atoms with Crippen molar-refractivity contribution in [3.8, 4) is 11.5 Å². The Kier molecular flexibility index (Phi) is 4.82. The summed E-state index contributed by atoms with van der Waals surface area (Å²) in [5, 5.41) is 0. The summed E-state index contributed by atoms with van der Waals surface area (Å²) in [7, 11) is 2.44. The van der Waals surface area contributed by atoms with Crippen LogP contribution in [-0.4, -0.2) is 31.8 Å². The summed E-state index contributed by atoms with van der Waals surface area (Å²) in [4.78, 5) is 15.1. The van der Waals surface area contributed by atoms with E-state index >= 15 is 0 Å². The first-order chi connectivity index (χ1) is 8.56. The lowest BCUT2D eigenvalue weighted by molar-refractivity contribution is 0.0520. The highest BCUT2D eigenvalue weighted by Crippen LogP contribution is 2.37. The second-order valence-corrected chi connectivity index (χ2v) is 3.14. The number of ether oxygens (including phenoxy) is 3. The Morgan fingerprint density at radius 3 is 2.39 bits per heavy atom. The van der Waals surface area contributed by atoms with E-state index in [-0.39, 0.29) is 23.7 Å². The number of alkyl halides is 2. The summed E-state index contributed by atoms with van der Waals surface area (Å²) >= 11 is 0. The first-order valence-electron chi connectivity index (χ1n) is 5.12. The lowest BCUT2D eigenvalue weighted by atomic mass is 10.2. The lowest BCUT2D eigenvalue weighted by Crippen LogP contribution is -2.10. The molecule has 0 aliphatic heterocycles. The van der Waals surface area contributed by atoms with Crippen molar-refractivity contribution in [1.29, 1.82) is 0 Å². The monoisotopic (exact) mass is 261 g/mol. The average Bonchev–Trinajstić information content (AvgIpc) is 2.36. The van der Waals surface area contributed by atoms with E-state index in [4.69, 9.17) is 14.2 Å². The molecule has 0 spiro atoms. The van der Waals surface area contributed by atoms with Gasteiger partial charge in [0.05, 0.1) is 20.8 Å². The summed E-state index contributed by atoms with van der Waals surface area (Å²) < 4.78 is 39.9. The van der Waals surface area contributed by atoms with Gasteiger partial charge in [0.1, 0.15) is 5.56 Å². The Labute approximate surface area is 103 Å². The molecule has 0 aliphatic rings. The summed E-state index contributed by atoms with van der Waals surface area (Å²) in [5.74, 6) is -1.08. The zero-order valence-corrected chi connectivity index (χ0v) is 10.2. The quantitative estimate of drug-likeness (QED) is 0.760. The topological polar surface area (TPSA) is 57.7 Å². The zero-order chi connectivity index (χ0) is 13.7. The van der Waals surface area contributed by atoms with Gasteiger partial charge in [-0.05, 0) is 6.92 Å². The van der Waals surface area contributed by atoms with Crippen molar-refractivity contribution in [2.75, 3.05) is 20.8 Å². The van der Waals surface area contributed by atoms with Gasteiger partial charge in [-0.25, -0.2) is 13.6 Å². The number of carbonyl (C=O) groups is 1. The second kappa shape index (κ2) is 6.13. The van der Waals surface area contributed by atoms with Crippen molar-refractivity contribution in [2.45, 2.75) is 13.3 Å². The van der Waals surface area contributed by atoms with Gasteiger partial charge in [0.25, 0.3) is 6.43 Å². The van der Waals surface area contributed by atoms with Crippen LogP contribution in [0.1, 0.15) is 29.4 Å². The Morgan fingerprint density at radius 1 is 1.33 bits per heavy atom. The van der Waals surface area contributed by atoms with Crippen LogP contribution in [0, 0.1) is 0 Å². The van der Waals surface area contributed by atoms with Crippen LogP contribution in [0.4, 0.5) is 8.78 Å². The summed E-state index contributed by atoms with van der Waals surface area (Å²) in [6.07, 6.45) is -1.84. The lowest BCUT2D eigenvalue weighted by Gasteiger charge is -2.14. The molecule has 0 unspecified atom stereocenters. The summed E-state index contributed by atoms with van der Waals surface area (Å²) in [6.45, 7) is 1.78. The molecule has 1 aromatic rings. The molecule has 0 bridgehead atoms. The van der Waals surface area contributed by atoms with E-state index in [9.17, 15) is 13.6 Å². The minimum atomic E-state index is -2.83. The van der Waals surface area contributed by atoms with Crippen LogP contribution >= 0.6 is 0 Å². The molecule has 0 radical (unpaired) electrons. The SMILES string of the molecule is CCOC(=O)c1cnc(C(F)F)c(OC)c1OC. The van der Waals surface area contributed by atoms with Gasteiger partial charge in [-0.2, -0.15) is 0 Å². The third-order valence-corrected chi connectivity index (χ3v) is 2.13. The molecule has 0 aliphatic carbocycles. The minimum Gasteiger partial charge on any atom is -0.492 e. The molecular formula is C11H13F2NO4. The maximum absolute atomic E-state index is 12.7. The number of hydrogen-bond acceptors (Lipinski definition) is 5. The van der Waals surface area contributed by atoms with Crippen molar-refractivity contribution in [3.63, 3.8) is 0 Å². The Bertz CT molecular complexity index is 437. The molecule has 1 rings (SSSR count). The Hall–Kier alpha value is -1.92. The van der Waals surface area contributed by atoms with E-state index in [0.29, 0.717) is 0 Å². The van der Waals surface area contributed by atoms with E-state index in [1.807, 2.05) is 0 Å². The van der Waals surface area contributed by atoms with Crippen LogP contribution in [0.15, 0.2) is 6.20 Å². The fourth-order valence-corrected chi connectivity index (χ4v) is 1.40. The first-order valence-corrected chi connectivity index (χ1v) is 5.12. The molecule has 1 aromatic heterocycles. The van der Waals surface area contributed by atoms with Gasteiger partial charge in [-0.3, -0.25) is 4.98 Å². The van der Waals surface area contributed by atoms with E-state index in [2.05, 4.69) is 4.98 Å².